The van der Waals surface area contributed by atoms with Crippen LogP contribution in [0.25, 0.3) is 11.3 Å². The van der Waals surface area contributed by atoms with Gasteiger partial charge in [-0.05, 0) is 43.2 Å². The number of anilines is 1. The van der Waals surface area contributed by atoms with E-state index in [1.54, 1.807) is 35.4 Å². The zero-order chi connectivity index (χ0) is 27.1. The molecule has 1 aliphatic heterocycles. The van der Waals surface area contributed by atoms with Crippen LogP contribution in [0, 0.1) is 0 Å². The number of ether oxygens (including phenoxy) is 2. The molecule has 38 heavy (non-hydrogen) atoms. The molecule has 3 heterocycles. The van der Waals surface area contributed by atoms with Gasteiger partial charge in [0.2, 0.25) is 0 Å². The maximum Gasteiger partial charge on any atom is 0.410 e. The lowest BCUT2D eigenvalue weighted by Gasteiger charge is -2.22. The number of halogens is 3. The van der Waals surface area contributed by atoms with E-state index < -0.39 is 18.9 Å². The molecule has 202 valence electrons. The number of carbonyl (C=O) groups excluding carboxylic acids is 1. The molecule has 8 nitrogen and oxygen atoms in total. The van der Waals surface area contributed by atoms with E-state index >= 15 is 0 Å². The summed E-state index contributed by atoms with van der Waals surface area (Å²) in [5.41, 5.74) is 3.61. The molecule has 2 atom stereocenters. The molecule has 3 aromatic rings. The Morgan fingerprint density at radius 1 is 1.13 bits per heavy atom. The minimum absolute atomic E-state index is 0.0598. The Morgan fingerprint density at radius 3 is 2.63 bits per heavy atom. The second-order valence-electron chi connectivity index (χ2n) is 8.78. The van der Waals surface area contributed by atoms with Gasteiger partial charge in [-0.2, -0.15) is 0 Å². The summed E-state index contributed by atoms with van der Waals surface area (Å²) in [4.78, 5) is 28.3. The van der Waals surface area contributed by atoms with Gasteiger partial charge in [-0.1, -0.05) is 43.1 Å². The molecule has 0 saturated carbocycles. The highest BCUT2D eigenvalue weighted by molar-refractivity contribution is 6.36. The molecule has 1 saturated heterocycles. The largest absolute Gasteiger partial charge is 0.443 e. The van der Waals surface area contributed by atoms with E-state index in [2.05, 4.69) is 10.3 Å². The molecule has 2 aromatic heterocycles. The molecule has 0 aliphatic carbocycles. The fraction of sp³-hybridized carbons (Fsp3) is 0.407. The van der Waals surface area contributed by atoms with Gasteiger partial charge in [-0.25, -0.2) is 19.2 Å². The molecule has 0 spiro atoms. The summed E-state index contributed by atoms with van der Waals surface area (Å²) in [6, 6.07) is 10.4. The minimum Gasteiger partial charge on any atom is -0.443 e. The number of carbonyl (C=O) groups is 1. The first-order valence-corrected chi connectivity index (χ1v) is 13.3. The Morgan fingerprint density at radius 2 is 1.95 bits per heavy atom. The van der Waals surface area contributed by atoms with E-state index in [4.69, 9.17) is 42.6 Å². The van der Waals surface area contributed by atoms with Gasteiger partial charge in [0.05, 0.1) is 53.1 Å². The first-order valence-electron chi connectivity index (χ1n) is 12.5. The van der Waals surface area contributed by atoms with Crippen molar-refractivity contribution in [3.8, 4) is 11.3 Å². The second kappa shape index (κ2) is 13.2. The van der Waals surface area contributed by atoms with Gasteiger partial charge in [0.15, 0.2) is 0 Å². The number of aryl methyl sites for hydroxylation is 2. The highest BCUT2D eigenvalue weighted by atomic mass is 35.5. The highest BCUT2D eigenvalue weighted by Gasteiger charge is 2.37. The van der Waals surface area contributed by atoms with Gasteiger partial charge in [-0.15, -0.1) is 0 Å². The second-order valence-corrected chi connectivity index (χ2v) is 9.62. The van der Waals surface area contributed by atoms with Crippen LogP contribution >= 0.6 is 23.2 Å². The zero-order valence-electron chi connectivity index (χ0n) is 21.3. The van der Waals surface area contributed by atoms with Crippen molar-refractivity contribution >= 4 is 35.1 Å². The standard InChI is InChI=1S/C27H30Cl2FN5O3/c1-3-21-25(19-9-8-17(28)13-20(19)29)32-22(4-2)26(33-21)34-23-14-35(15-24(23)37-12-10-30)27(36)38-16-18-7-5-6-11-31-18/h5-9,11,13,23-24H,3-4,10,12,14-16H2,1-2H3,(H,33,34)/t23-,24+/m1/s1. The van der Waals surface area contributed by atoms with Crippen LogP contribution < -0.4 is 5.32 Å². The van der Waals surface area contributed by atoms with Crippen LogP contribution in [-0.4, -0.2) is 64.5 Å². The molecule has 0 bridgehead atoms. The first kappa shape index (κ1) is 28.0. The third-order valence-corrected chi connectivity index (χ3v) is 6.77. The Labute approximate surface area is 231 Å². The Balaban J connectivity index is 1.54. The topological polar surface area (TPSA) is 89.5 Å². The molecule has 1 N–H and O–H groups in total. The lowest BCUT2D eigenvalue weighted by Crippen LogP contribution is -2.36. The normalized spacial score (nSPS) is 17.0. The summed E-state index contributed by atoms with van der Waals surface area (Å²) < 4.78 is 24.1. The molecule has 1 aliphatic rings. The van der Waals surface area contributed by atoms with Crippen LogP contribution in [0.3, 0.4) is 0 Å². The number of hydrogen-bond donors (Lipinski definition) is 1. The molecular weight excluding hydrogens is 532 g/mol. The van der Waals surface area contributed by atoms with Crippen molar-refractivity contribution in [2.24, 2.45) is 0 Å². The minimum atomic E-state index is -0.621. The molecule has 1 amide bonds. The van der Waals surface area contributed by atoms with Crippen LogP contribution in [0.1, 0.15) is 30.9 Å². The number of aromatic nitrogens is 3. The molecular formula is C27H30Cl2FN5O3. The number of amides is 1. The van der Waals surface area contributed by atoms with E-state index in [0.29, 0.717) is 46.6 Å². The van der Waals surface area contributed by atoms with Crippen molar-refractivity contribution in [1.82, 2.24) is 19.9 Å². The highest BCUT2D eigenvalue weighted by Crippen LogP contribution is 2.33. The van der Waals surface area contributed by atoms with E-state index in [9.17, 15) is 9.18 Å². The number of hydrogen-bond acceptors (Lipinski definition) is 7. The summed E-state index contributed by atoms with van der Waals surface area (Å²) >= 11 is 12.6. The number of nitrogens with zero attached hydrogens (tertiary/aromatic N) is 4. The van der Waals surface area contributed by atoms with E-state index in [0.717, 1.165) is 17.0 Å². The summed E-state index contributed by atoms with van der Waals surface area (Å²) in [5, 5.41) is 4.46. The Kier molecular flexibility index (Phi) is 9.71. The summed E-state index contributed by atoms with van der Waals surface area (Å²) in [6.45, 7) is 3.91. The first-order chi connectivity index (χ1) is 18.4. The number of alkyl halides is 1. The molecule has 11 heteroatoms. The van der Waals surface area contributed by atoms with E-state index in [-0.39, 0.29) is 25.8 Å². The van der Waals surface area contributed by atoms with Crippen molar-refractivity contribution < 1.29 is 18.7 Å². The van der Waals surface area contributed by atoms with Crippen molar-refractivity contribution in [1.29, 1.82) is 0 Å². The van der Waals surface area contributed by atoms with Crippen LogP contribution in [0.2, 0.25) is 10.0 Å². The monoisotopic (exact) mass is 561 g/mol. The van der Waals surface area contributed by atoms with Crippen LogP contribution in [0.15, 0.2) is 42.6 Å². The number of pyridine rings is 1. The van der Waals surface area contributed by atoms with E-state index in [1.165, 1.54) is 0 Å². The third kappa shape index (κ3) is 6.70. The summed E-state index contributed by atoms with van der Waals surface area (Å²) in [6.07, 6.45) is 1.94. The lowest BCUT2D eigenvalue weighted by atomic mass is 10.1. The maximum absolute atomic E-state index is 12.9. The fourth-order valence-corrected chi connectivity index (χ4v) is 4.82. The zero-order valence-corrected chi connectivity index (χ0v) is 22.8. The molecule has 0 unspecified atom stereocenters. The quantitative estimate of drug-likeness (QED) is 0.336. The average Bonchev–Trinajstić information content (AvgIpc) is 3.33. The molecule has 4 rings (SSSR count). The Hall–Kier alpha value is -3.01. The van der Waals surface area contributed by atoms with Crippen molar-refractivity contribution in [3.05, 3.63) is 69.7 Å². The number of nitrogens with one attached hydrogen (secondary N) is 1. The number of likely N-dealkylation sites (tertiary alicyclic amines) is 1. The third-order valence-electron chi connectivity index (χ3n) is 6.22. The van der Waals surface area contributed by atoms with Gasteiger partial charge in [0.1, 0.15) is 19.1 Å². The van der Waals surface area contributed by atoms with E-state index in [1.807, 2.05) is 26.0 Å². The predicted molar refractivity (Wildman–Crippen MR) is 145 cm³/mol. The Bertz CT molecular complexity index is 1250. The van der Waals surface area contributed by atoms with Gasteiger partial charge in [0.25, 0.3) is 0 Å². The molecule has 0 radical (unpaired) electrons. The van der Waals surface area contributed by atoms with Gasteiger partial charge >= 0.3 is 6.09 Å². The molecule has 1 aromatic carbocycles. The average molecular weight is 562 g/mol. The van der Waals surface area contributed by atoms with Crippen molar-refractivity contribution in [2.45, 2.75) is 45.4 Å². The fourth-order valence-electron chi connectivity index (χ4n) is 4.32. The SMILES string of the molecule is CCc1nc(-c2ccc(Cl)cc2Cl)c(CC)nc1N[C@@H]1CN(C(=O)OCc2ccccn2)C[C@@H]1OCCF. The smallest absolute Gasteiger partial charge is 0.410 e. The maximum atomic E-state index is 12.9. The summed E-state index contributed by atoms with van der Waals surface area (Å²) in [7, 11) is 0. The van der Waals surface area contributed by atoms with Crippen LogP contribution in [0.4, 0.5) is 15.0 Å². The summed E-state index contributed by atoms with van der Waals surface area (Å²) in [5.74, 6) is 0.598. The molecule has 1 fully saturated rings. The number of rotatable bonds is 10. The lowest BCUT2D eigenvalue weighted by molar-refractivity contribution is 0.0423. The van der Waals surface area contributed by atoms with Crippen molar-refractivity contribution in [2.75, 3.05) is 31.7 Å². The van der Waals surface area contributed by atoms with Crippen LogP contribution in [0.5, 0.6) is 0 Å². The van der Waals surface area contributed by atoms with Gasteiger partial charge in [-0.3, -0.25) is 4.98 Å². The van der Waals surface area contributed by atoms with Crippen LogP contribution in [-0.2, 0) is 28.9 Å². The van der Waals surface area contributed by atoms with Gasteiger partial charge in [0, 0.05) is 23.3 Å². The van der Waals surface area contributed by atoms with Crippen molar-refractivity contribution in [3.63, 3.8) is 0 Å². The van der Waals surface area contributed by atoms with Gasteiger partial charge < -0.3 is 19.7 Å². The predicted octanol–water partition coefficient (Wildman–Crippen LogP) is 5.76. The number of benzene rings is 1.